The van der Waals surface area contributed by atoms with E-state index in [2.05, 4.69) is 43.5 Å². The smallest absolute Gasteiger partial charge is 0.305 e. The summed E-state index contributed by atoms with van der Waals surface area (Å²) in [4.78, 5) is 24.4. The normalized spacial score (nSPS) is 12.9. The lowest BCUT2D eigenvalue weighted by atomic mass is 10.0. The van der Waals surface area contributed by atoms with Crippen molar-refractivity contribution in [2.75, 3.05) is 13.2 Å². The fourth-order valence-electron chi connectivity index (χ4n) is 7.38. The van der Waals surface area contributed by atoms with Crippen LogP contribution in [0.25, 0.3) is 0 Å². The number of unbranched alkanes of at least 4 members (excludes halogenated alkanes) is 30. The second-order valence-corrected chi connectivity index (χ2v) is 16.8. The molecule has 0 rings (SSSR count). The standard InChI is InChI=1S/C50H95NO5/c1-3-5-7-9-11-13-22-26-30-34-38-42-48(53)47(46-52)51-49(54)43-39-35-31-27-24-20-18-16-15-17-19-21-25-29-33-37-41-45-56-50(55)44-40-36-32-28-23-14-12-10-8-6-4-2/h10,12,15,17,47-48,52-53H,3-9,11,13-14,16,18-46H2,1-2H3,(H,51,54)/b12-10-,17-15-. The maximum Gasteiger partial charge on any atom is 0.305 e. The van der Waals surface area contributed by atoms with Gasteiger partial charge in [-0.1, -0.05) is 199 Å². The van der Waals surface area contributed by atoms with Gasteiger partial charge in [-0.25, -0.2) is 0 Å². The van der Waals surface area contributed by atoms with Crippen LogP contribution in [0.15, 0.2) is 24.3 Å². The zero-order valence-corrected chi connectivity index (χ0v) is 37.4. The van der Waals surface area contributed by atoms with Crippen LogP contribution in [-0.4, -0.2) is 47.4 Å². The molecule has 0 radical (unpaired) electrons. The van der Waals surface area contributed by atoms with Gasteiger partial charge in [-0.3, -0.25) is 9.59 Å². The Hall–Kier alpha value is -1.66. The lowest BCUT2D eigenvalue weighted by Crippen LogP contribution is -2.45. The zero-order valence-electron chi connectivity index (χ0n) is 37.4. The molecule has 0 saturated carbocycles. The van der Waals surface area contributed by atoms with Gasteiger partial charge >= 0.3 is 5.97 Å². The quantitative estimate of drug-likeness (QED) is 0.0324. The van der Waals surface area contributed by atoms with Crippen LogP contribution in [0.5, 0.6) is 0 Å². The minimum Gasteiger partial charge on any atom is -0.466 e. The van der Waals surface area contributed by atoms with Crippen molar-refractivity contribution in [1.82, 2.24) is 5.32 Å². The average Bonchev–Trinajstić information content (AvgIpc) is 3.20. The molecule has 0 fully saturated rings. The molecule has 56 heavy (non-hydrogen) atoms. The summed E-state index contributed by atoms with van der Waals surface area (Å²) in [7, 11) is 0. The van der Waals surface area contributed by atoms with E-state index in [-0.39, 0.29) is 18.5 Å². The number of aliphatic hydroxyl groups is 2. The molecule has 6 heteroatoms. The molecule has 330 valence electrons. The summed E-state index contributed by atoms with van der Waals surface area (Å²) in [5.74, 6) is -0.0625. The largest absolute Gasteiger partial charge is 0.466 e. The molecule has 2 atom stereocenters. The van der Waals surface area contributed by atoms with Gasteiger partial charge in [0.1, 0.15) is 0 Å². The molecular formula is C50H95NO5. The molecular weight excluding hydrogens is 695 g/mol. The third-order valence-electron chi connectivity index (χ3n) is 11.2. The van der Waals surface area contributed by atoms with Crippen molar-refractivity contribution in [1.29, 1.82) is 0 Å². The first kappa shape index (κ1) is 54.3. The highest BCUT2D eigenvalue weighted by Gasteiger charge is 2.20. The molecule has 0 aliphatic heterocycles. The molecule has 0 aliphatic rings. The van der Waals surface area contributed by atoms with Gasteiger partial charge in [-0.2, -0.15) is 0 Å². The molecule has 0 heterocycles. The molecule has 0 aromatic heterocycles. The van der Waals surface area contributed by atoms with E-state index in [1.165, 1.54) is 167 Å². The lowest BCUT2D eigenvalue weighted by molar-refractivity contribution is -0.143. The van der Waals surface area contributed by atoms with Crippen molar-refractivity contribution in [3.8, 4) is 0 Å². The van der Waals surface area contributed by atoms with E-state index in [1.54, 1.807) is 0 Å². The fourth-order valence-corrected chi connectivity index (χ4v) is 7.38. The third-order valence-corrected chi connectivity index (χ3v) is 11.2. The number of carbonyl (C=O) groups excluding carboxylic acids is 2. The van der Waals surface area contributed by atoms with E-state index in [1.807, 2.05) is 0 Å². The minimum absolute atomic E-state index is 0.0135. The predicted octanol–water partition coefficient (Wildman–Crippen LogP) is 14.3. The molecule has 0 aromatic carbocycles. The van der Waals surface area contributed by atoms with Crippen molar-refractivity contribution < 1.29 is 24.5 Å². The Labute approximate surface area is 348 Å². The molecule has 6 nitrogen and oxygen atoms in total. The van der Waals surface area contributed by atoms with Gasteiger partial charge in [0, 0.05) is 12.8 Å². The number of allylic oxidation sites excluding steroid dienone is 4. The van der Waals surface area contributed by atoms with Crippen LogP contribution in [0.1, 0.15) is 258 Å². The van der Waals surface area contributed by atoms with E-state index in [0.29, 0.717) is 25.9 Å². The van der Waals surface area contributed by atoms with E-state index >= 15 is 0 Å². The predicted molar refractivity (Wildman–Crippen MR) is 241 cm³/mol. The van der Waals surface area contributed by atoms with Crippen molar-refractivity contribution in [2.24, 2.45) is 0 Å². The fraction of sp³-hybridized carbons (Fsp3) is 0.880. The number of nitrogens with one attached hydrogen (secondary N) is 1. The Bertz CT molecular complexity index is 874. The Morgan fingerprint density at radius 1 is 0.482 bits per heavy atom. The van der Waals surface area contributed by atoms with Crippen molar-refractivity contribution in [3.63, 3.8) is 0 Å². The number of rotatable bonds is 45. The Morgan fingerprint density at radius 3 is 1.32 bits per heavy atom. The highest BCUT2D eigenvalue weighted by molar-refractivity contribution is 5.76. The van der Waals surface area contributed by atoms with Gasteiger partial charge in [-0.15, -0.1) is 0 Å². The van der Waals surface area contributed by atoms with Crippen LogP contribution in [0.2, 0.25) is 0 Å². The number of ether oxygens (including phenoxy) is 1. The summed E-state index contributed by atoms with van der Waals surface area (Å²) in [5.41, 5.74) is 0. The van der Waals surface area contributed by atoms with Gasteiger partial charge in [0.2, 0.25) is 5.91 Å². The van der Waals surface area contributed by atoms with Crippen molar-refractivity contribution >= 4 is 11.9 Å². The first-order valence-electron chi connectivity index (χ1n) is 24.6. The number of amides is 1. The summed E-state index contributed by atoms with van der Waals surface area (Å²) >= 11 is 0. The van der Waals surface area contributed by atoms with Crippen LogP contribution in [0.4, 0.5) is 0 Å². The first-order valence-corrected chi connectivity index (χ1v) is 24.6. The summed E-state index contributed by atoms with van der Waals surface area (Å²) < 4.78 is 5.43. The first-order chi connectivity index (χ1) is 27.5. The second kappa shape index (κ2) is 46.0. The summed E-state index contributed by atoms with van der Waals surface area (Å²) in [6.07, 6.45) is 52.8. The average molecular weight is 790 g/mol. The number of esters is 1. The lowest BCUT2D eigenvalue weighted by Gasteiger charge is -2.22. The van der Waals surface area contributed by atoms with E-state index in [4.69, 9.17) is 4.74 Å². The van der Waals surface area contributed by atoms with E-state index in [0.717, 1.165) is 57.8 Å². The monoisotopic (exact) mass is 790 g/mol. The number of carbonyl (C=O) groups is 2. The van der Waals surface area contributed by atoms with Crippen LogP contribution < -0.4 is 5.32 Å². The Kier molecular flexibility index (Phi) is 44.7. The number of hydrogen-bond donors (Lipinski definition) is 3. The SMILES string of the molecule is CCCC/C=C\CCCCCCCC(=O)OCCCCCCCC/C=C\CCCCCCCCCC(=O)NC(CO)C(O)CCCCCCCCCCCCC. The topological polar surface area (TPSA) is 95.9 Å². The maximum atomic E-state index is 12.4. The number of hydrogen-bond acceptors (Lipinski definition) is 5. The summed E-state index contributed by atoms with van der Waals surface area (Å²) in [6, 6.07) is -0.548. The molecule has 1 amide bonds. The molecule has 3 N–H and O–H groups in total. The van der Waals surface area contributed by atoms with Gasteiger partial charge in [0.25, 0.3) is 0 Å². The van der Waals surface area contributed by atoms with Crippen LogP contribution in [-0.2, 0) is 14.3 Å². The summed E-state index contributed by atoms with van der Waals surface area (Å²) in [6.45, 7) is 4.87. The van der Waals surface area contributed by atoms with Crippen LogP contribution in [0, 0.1) is 0 Å². The van der Waals surface area contributed by atoms with Gasteiger partial charge in [0.05, 0.1) is 25.4 Å². The molecule has 0 saturated heterocycles. The van der Waals surface area contributed by atoms with Gasteiger partial charge in [-0.05, 0) is 70.6 Å². The highest BCUT2D eigenvalue weighted by atomic mass is 16.5. The van der Waals surface area contributed by atoms with E-state index < -0.39 is 12.1 Å². The molecule has 0 bridgehead atoms. The van der Waals surface area contributed by atoms with Gasteiger partial charge in [0.15, 0.2) is 0 Å². The summed E-state index contributed by atoms with van der Waals surface area (Å²) in [5, 5.41) is 23.1. The van der Waals surface area contributed by atoms with Crippen LogP contribution in [0.3, 0.4) is 0 Å². The van der Waals surface area contributed by atoms with Crippen LogP contribution >= 0.6 is 0 Å². The second-order valence-electron chi connectivity index (χ2n) is 16.8. The van der Waals surface area contributed by atoms with E-state index in [9.17, 15) is 19.8 Å². The molecule has 2 unspecified atom stereocenters. The maximum absolute atomic E-state index is 12.4. The highest BCUT2D eigenvalue weighted by Crippen LogP contribution is 2.15. The minimum atomic E-state index is -0.670. The van der Waals surface area contributed by atoms with Gasteiger partial charge < -0.3 is 20.3 Å². The Morgan fingerprint density at radius 2 is 0.857 bits per heavy atom. The molecule has 0 aliphatic carbocycles. The number of aliphatic hydroxyl groups excluding tert-OH is 2. The Balaban J connectivity index is 3.46. The van der Waals surface area contributed by atoms with Crippen molar-refractivity contribution in [3.05, 3.63) is 24.3 Å². The molecule has 0 spiro atoms. The zero-order chi connectivity index (χ0) is 40.8. The third kappa shape index (κ3) is 42.0. The molecule has 0 aromatic rings. The van der Waals surface area contributed by atoms with Crippen molar-refractivity contribution in [2.45, 2.75) is 270 Å².